The Morgan fingerprint density at radius 3 is 2.21 bits per heavy atom. The molecule has 2 fully saturated rings. The zero-order chi connectivity index (χ0) is 14.0. The summed E-state index contributed by atoms with van der Waals surface area (Å²) >= 11 is 0. The van der Waals surface area contributed by atoms with Crippen molar-refractivity contribution in [2.45, 2.75) is 65.8 Å². The first-order valence-corrected chi connectivity index (χ1v) is 8.05. The molecule has 0 amide bonds. The fraction of sp³-hybridized carbons (Fsp3) is 0.941. The van der Waals surface area contributed by atoms with Crippen LogP contribution in [-0.4, -0.2) is 24.0 Å². The second-order valence-corrected chi connectivity index (χ2v) is 7.90. The minimum Gasteiger partial charge on any atom is -0.299 e. The highest BCUT2D eigenvalue weighted by Gasteiger charge is 2.36. The molecule has 3 unspecified atom stereocenters. The van der Waals surface area contributed by atoms with Crippen LogP contribution in [-0.2, 0) is 0 Å². The third-order valence-electron chi connectivity index (χ3n) is 5.47. The van der Waals surface area contributed by atoms with Gasteiger partial charge in [0, 0.05) is 6.04 Å². The van der Waals surface area contributed by atoms with E-state index in [4.69, 9.17) is 0 Å². The first-order chi connectivity index (χ1) is 8.91. The lowest BCUT2D eigenvalue weighted by molar-refractivity contribution is 0.0447. The molecule has 1 saturated heterocycles. The molecule has 1 heterocycles. The van der Waals surface area contributed by atoms with Crippen LogP contribution in [0.4, 0.5) is 0 Å². The number of likely N-dealkylation sites (tertiary alicyclic amines) is 1. The topological polar surface area (TPSA) is 27.0 Å². The highest BCUT2D eigenvalue weighted by molar-refractivity contribution is 4.98. The average molecular weight is 262 g/mol. The number of hydrogen-bond acceptors (Lipinski definition) is 2. The van der Waals surface area contributed by atoms with Crippen LogP contribution >= 0.6 is 0 Å². The van der Waals surface area contributed by atoms with E-state index in [-0.39, 0.29) is 5.92 Å². The molecule has 2 heteroatoms. The van der Waals surface area contributed by atoms with Crippen molar-refractivity contribution in [2.75, 3.05) is 13.1 Å². The lowest BCUT2D eigenvalue weighted by Crippen LogP contribution is -2.48. The Balaban J connectivity index is 1.94. The third-order valence-corrected chi connectivity index (χ3v) is 5.47. The van der Waals surface area contributed by atoms with Gasteiger partial charge in [0.15, 0.2) is 0 Å². The number of nitriles is 1. The van der Waals surface area contributed by atoms with Crippen LogP contribution in [0.2, 0.25) is 0 Å². The van der Waals surface area contributed by atoms with Crippen molar-refractivity contribution in [2.24, 2.45) is 23.2 Å². The zero-order valence-corrected chi connectivity index (χ0v) is 13.2. The van der Waals surface area contributed by atoms with Gasteiger partial charge in [-0.25, -0.2) is 0 Å². The van der Waals surface area contributed by atoms with Gasteiger partial charge in [0.2, 0.25) is 0 Å². The minimum atomic E-state index is 0.280. The fourth-order valence-corrected chi connectivity index (χ4v) is 4.00. The van der Waals surface area contributed by atoms with Gasteiger partial charge in [0.25, 0.3) is 0 Å². The summed E-state index contributed by atoms with van der Waals surface area (Å²) in [5.41, 5.74) is 0.445. The molecule has 1 saturated carbocycles. The average Bonchev–Trinajstić information content (AvgIpc) is 2.38. The highest BCUT2D eigenvalue weighted by atomic mass is 15.2. The molecule has 0 bridgehead atoms. The van der Waals surface area contributed by atoms with E-state index in [0.29, 0.717) is 11.5 Å². The molecule has 1 aliphatic carbocycles. The predicted molar refractivity (Wildman–Crippen MR) is 79.7 cm³/mol. The second-order valence-electron chi connectivity index (χ2n) is 7.90. The van der Waals surface area contributed by atoms with Crippen LogP contribution in [0.1, 0.15) is 59.8 Å². The maximum absolute atomic E-state index is 9.38. The van der Waals surface area contributed by atoms with E-state index in [9.17, 15) is 5.26 Å². The van der Waals surface area contributed by atoms with Crippen LogP contribution in [0.5, 0.6) is 0 Å². The molecule has 19 heavy (non-hydrogen) atoms. The van der Waals surface area contributed by atoms with E-state index >= 15 is 0 Å². The molecule has 0 aromatic carbocycles. The molecule has 0 spiro atoms. The fourth-order valence-electron chi connectivity index (χ4n) is 4.00. The summed E-state index contributed by atoms with van der Waals surface area (Å²) in [5.74, 6) is 1.93. The number of rotatable bonds is 1. The Morgan fingerprint density at radius 2 is 1.68 bits per heavy atom. The third kappa shape index (κ3) is 3.51. The van der Waals surface area contributed by atoms with E-state index in [0.717, 1.165) is 18.3 Å². The van der Waals surface area contributed by atoms with Crippen molar-refractivity contribution in [3.63, 3.8) is 0 Å². The lowest BCUT2D eigenvalue weighted by Gasteiger charge is -2.45. The predicted octanol–water partition coefficient (Wildman–Crippen LogP) is 4.07. The smallest absolute Gasteiger partial charge is 0.0672 e. The normalized spacial score (nSPS) is 35.0. The second kappa shape index (κ2) is 5.83. The summed E-state index contributed by atoms with van der Waals surface area (Å²) in [7, 11) is 0. The summed E-state index contributed by atoms with van der Waals surface area (Å²) < 4.78 is 0. The van der Waals surface area contributed by atoms with E-state index in [2.05, 4.69) is 38.7 Å². The van der Waals surface area contributed by atoms with Crippen molar-refractivity contribution < 1.29 is 0 Å². The molecule has 0 radical (unpaired) electrons. The molecule has 0 aromatic rings. The number of nitrogens with zero attached hydrogens (tertiary/aromatic N) is 2. The van der Waals surface area contributed by atoms with Gasteiger partial charge < -0.3 is 0 Å². The molecule has 2 aliphatic rings. The molecule has 108 valence electrons. The maximum Gasteiger partial charge on any atom is 0.0672 e. The number of hydrogen-bond donors (Lipinski definition) is 0. The summed E-state index contributed by atoms with van der Waals surface area (Å²) in [6, 6.07) is 3.11. The van der Waals surface area contributed by atoms with Gasteiger partial charge in [-0.1, -0.05) is 27.7 Å². The van der Waals surface area contributed by atoms with Gasteiger partial charge in [-0.05, 0) is 62.4 Å². The molecular weight excluding hydrogens is 232 g/mol. The summed E-state index contributed by atoms with van der Waals surface area (Å²) in [6.07, 6.45) is 6.21. The van der Waals surface area contributed by atoms with Gasteiger partial charge in [0.05, 0.1) is 12.0 Å². The van der Waals surface area contributed by atoms with Gasteiger partial charge in [0.1, 0.15) is 0 Å². The minimum absolute atomic E-state index is 0.280. The van der Waals surface area contributed by atoms with Gasteiger partial charge >= 0.3 is 0 Å². The highest BCUT2D eigenvalue weighted by Crippen LogP contribution is 2.38. The SMILES string of the molecule is CC1CCC(C#N)C(N2CCC(C(C)(C)C)CC2)C1. The van der Waals surface area contributed by atoms with E-state index in [1.165, 1.54) is 38.8 Å². The van der Waals surface area contributed by atoms with Crippen LogP contribution in [0, 0.1) is 34.5 Å². The Kier molecular flexibility index (Phi) is 4.56. The first-order valence-electron chi connectivity index (χ1n) is 8.05. The van der Waals surface area contributed by atoms with Crippen molar-refractivity contribution in [3.05, 3.63) is 0 Å². The van der Waals surface area contributed by atoms with E-state index in [1.54, 1.807) is 0 Å². The molecule has 1 aliphatic heterocycles. The molecule has 0 N–H and O–H groups in total. The van der Waals surface area contributed by atoms with Gasteiger partial charge in [-0.15, -0.1) is 0 Å². The lowest BCUT2D eigenvalue weighted by atomic mass is 9.73. The van der Waals surface area contributed by atoms with Gasteiger partial charge in [-0.2, -0.15) is 5.26 Å². The summed E-state index contributed by atoms with van der Waals surface area (Å²) in [5, 5.41) is 9.38. The monoisotopic (exact) mass is 262 g/mol. The van der Waals surface area contributed by atoms with Crippen molar-refractivity contribution in [1.29, 1.82) is 5.26 Å². The Morgan fingerprint density at radius 1 is 1.05 bits per heavy atom. The molecular formula is C17H30N2. The first kappa shape index (κ1) is 14.9. The Labute approximate surface area is 119 Å². The molecule has 3 atom stereocenters. The van der Waals surface area contributed by atoms with Gasteiger partial charge in [-0.3, -0.25) is 4.90 Å². The summed E-state index contributed by atoms with van der Waals surface area (Å²) in [4.78, 5) is 2.63. The van der Waals surface area contributed by atoms with Crippen LogP contribution in [0.25, 0.3) is 0 Å². The Hall–Kier alpha value is -0.550. The Bertz CT molecular complexity index is 328. The van der Waals surface area contributed by atoms with Crippen molar-refractivity contribution >= 4 is 0 Å². The standard InChI is InChI=1S/C17H30N2/c1-13-5-6-14(12-18)16(11-13)19-9-7-15(8-10-19)17(2,3)4/h13-16H,5-11H2,1-4H3. The number of piperidine rings is 1. The zero-order valence-electron chi connectivity index (χ0n) is 13.2. The van der Waals surface area contributed by atoms with Crippen molar-refractivity contribution in [3.8, 4) is 6.07 Å². The van der Waals surface area contributed by atoms with Crippen molar-refractivity contribution in [1.82, 2.24) is 4.90 Å². The maximum atomic E-state index is 9.38. The van der Waals surface area contributed by atoms with Crippen LogP contribution in [0.15, 0.2) is 0 Å². The van der Waals surface area contributed by atoms with E-state index < -0.39 is 0 Å². The van der Waals surface area contributed by atoms with Crippen LogP contribution in [0.3, 0.4) is 0 Å². The van der Waals surface area contributed by atoms with E-state index in [1.807, 2.05) is 0 Å². The summed E-state index contributed by atoms with van der Waals surface area (Å²) in [6.45, 7) is 11.9. The molecule has 2 rings (SSSR count). The molecule has 0 aromatic heterocycles. The quantitative estimate of drug-likeness (QED) is 0.712. The largest absolute Gasteiger partial charge is 0.299 e. The molecule has 2 nitrogen and oxygen atoms in total. The van der Waals surface area contributed by atoms with Crippen LogP contribution < -0.4 is 0 Å².